The molecule has 0 radical (unpaired) electrons. The molecule has 0 aromatic heterocycles. The fourth-order valence-electron chi connectivity index (χ4n) is 3.63. The van der Waals surface area contributed by atoms with Gasteiger partial charge >= 0.3 is 6.36 Å². The van der Waals surface area contributed by atoms with Crippen LogP contribution in [0.25, 0.3) is 0 Å². The number of piperidine rings is 1. The van der Waals surface area contributed by atoms with Crippen molar-refractivity contribution in [1.29, 1.82) is 0 Å². The number of sulfonamides is 1. The van der Waals surface area contributed by atoms with Crippen molar-refractivity contribution in [2.24, 2.45) is 5.92 Å². The zero-order valence-electron chi connectivity index (χ0n) is 13.3. The lowest BCUT2D eigenvalue weighted by Gasteiger charge is -2.33. The van der Waals surface area contributed by atoms with Crippen molar-refractivity contribution in [2.75, 3.05) is 12.8 Å². The number of carbonyl (C=O) groups excluding carboxylic acids is 1. The van der Waals surface area contributed by atoms with Crippen LogP contribution in [-0.2, 0) is 10.0 Å². The maximum absolute atomic E-state index is 12.6. The number of halogens is 3. The molecule has 0 spiro atoms. The fourth-order valence-corrected chi connectivity index (χ4v) is 4.43. The van der Waals surface area contributed by atoms with Crippen LogP contribution in [0.2, 0.25) is 0 Å². The van der Waals surface area contributed by atoms with Gasteiger partial charge in [0.1, 0.15) is 5.75 Å². The molecular formula is C15H17F3N2O4S. The molecule has 1 aliphatic heterocycles. The molecule has 2 fully saturated rings. The number of fused-ring (bicyclic) bond motifs is 2. The van der Waals surface area contributed by atoms with Gasteiger partial charge in [-0.1, -0.05) is 0 Å². The molecule has 1 saturated heterocycles. The lowest BCUT2D eigenvalue weighted by Crippen LogP contribution is -2.51. The molecule has 1 N–H and O–H groups in total. The lowest BCUT2D eigenvalue weighted by molar-refractivity contribution is -0.274. The molecule has 0 unspecified atom stereocenters. The number of hydrogen-bond donors (Lipinski definition) is 1. The highest BCUT2D eigenvalue weighted by atomic mass is 32.2. The van der Waals surface area contributed by atoms with Gasteiger partial charge in [0.25, 0.3) is 5.91 Å². The van der Waals surface area contributed by atoms with Gasteiger partial charge in [0.2, 0.25) is 10.0 Å². The van der Waals surface area contributed by atoms with Crippen LogP contribution >= 0.6 is 0 Å². The zero-order chi connectivity index (χ0) is 18.4. The molecule has 6 nitrogen and oxygen atoms in total. The minimum atomic E-state index is -4.79. The lowest BCUT2D eigenvalue weighted by atomic mass is 10.1. The van der Waals surface area contributed by atoms with Crippen LogP contribution < -0.4 is 9.46 Å². The van der Waals surface area contributed by atoms with Crippen LogP contribution in [-0.4, -0.2) is 50.5 Å². The van der Waals surface area contributed by atoms with Crippen molar-refractivity contribution in [1.82, 2.24) is 9.62 Å². The van der Waals surface area contributed by atoms with E-state index in [1.165, 1.54) is 12.1 Å². The number of ether oxygens (including phenoxy) is 1. The van der Waals surface area contributed by atoms with Crippen LogP contribution in [0.1, 0.15) is 23.2 Å². The molecule has 10 heteroatoms. The average molecular weight is 378 g/mol. The van der Waals surface area contributed by atoms with Gasteiger partial charge < -0.3 is 9.64 Å². The van der Waals surface area contributed by atoms with Crippen LogP contribution in [0.4, 0.5) is 13.2 Å². The van der Waals surface area contributed by atoms with E-state index in [9.17, 15) is 26.4 Å². The Morgan fingerprint density at radius 2 is 1.88 bits per heavy atom. The second-order valence-corrected chi connectivity index (χ2v) is 8.21. The number of nitrogens with zero attached hydrogens (tertiary/aromatic N) is 1. The molecule has 3 atom stereocenters. The summed E-state index contributed by atoms with van der Waals surface area (Å²) in [6.45, 7) is 0.520. The van der Waals surface area contributed by atoms with Gasteiger partial charge in [0.05, 0.1) is 6.26 Å². The van der Waals surface area contributed by atoms with Crippen LogP contribution in [0.15, 0.2) is 24.3 Å². The first-order chi connectivity index (χ1) is 11.5. The van der Waals surface area contributed by atoms with Gasteiger partial charge in [-0.05, 0) is 43.0 Å². The van der Waals surface area contributed by atoms with E-state index in [-0.39, 0.29) is 29.5 Å². The summed E-state index contributed by atoms with van der Waals surface area (Å²) >= 11 is 0. The molecule has 25 heavy (non-hydrogen) atoms. The standard InChI is InChI=1S/C15H17F3N2O4S/c1-25(22,23)19-12-6-9-7-13(12)20(8-9)14(21)10-2-4-11(5-3-10)24-15(16,17)18/h2-5,9,12-13,19H,6-8H2,1H3/t9-,12+,13-/m1/s1. The summed E-state index contributed by atoms with van der Waals surface area (Å²) in [5, 5.41) is 0. The Morgan fingerprint density at radius 1 is 1.24 bits per heavy atom. The summed E-state index contributed by atoms with van der Waals surface area (Å²) < 4.78 is 65.7. The molecule has 1 aliphatic carbocycles. The monoisotopic (exact) mass is 378 g/mol. The third-order valence-electron chi connectivity index (χ3n) is 4.44. The Bertz CT molecular complexity index is 764. The van der Waals surface area contributed by atoms with Gasteiger partial charge in [0.15, 0.2) is 0 Å². The number of carbonyl (C=O) groups is 1. The Hall–Kier alpha value is -1.81. The average Bonchev–Trinajstić information content (AvgIpc) is 3.03. The van der Waals surface area contributed by atoms with E-state index < -0.39 is 22.1 Å². The molecule has 138 valence electrons. The second kappa shape index (κ2) is 6.17. The summed E-state index contributed by atoms with van der Waals surface area (Å²) in [5.41, 5.74) is 0.236. The number of hydrogen-bond acceptors (Lipinski definition) is 4. The van der Waals surface area contributed by atoms with E-state index in [0.717, 1.165) is 18.4 Å². The van der Waals surface area contributed by atoms with Gasteiger partial charge in [-0.2, -0.15) is 0 Å². The van der Waals surface area contributed by atoms with Crippen LogP contribution in [0, 0.1) is 5.92 Å². The predicted molar refractivity (Wildman–Crippen MR) is 82.4 cm³/mol. The highest BCUT2D eigenvalue weighted by Crippen LogP contribution is 2.39. The molecule has 1 aromatic carbocycles. The first kappa shape index (κ1) is 18.0. The number of nitrogens with one attached hydrogen (secondary N) is 1. The summed E-state index contributed by atoms with van der Waals surface area (Å²) in [6, 6.07) is 4.15. The van der Waals surface area contributed by atoms with Crippen LogP contribution in [0.3, 0.4) is 0 Å². The largest absolute Gasteiger partial charge is 0.573 e. The van der Waals surface area contributed by atoms with Crippen LogP contribution in [0.5, 0.6) is 5.75 Å². The molecule has 1 amide bonds. The number of likely N-dealkylation sites (tertiary alicyclic amines) is 1. The quantitative estimate of drug-likeness (QED) is 0.866. The SMILES string of the molecule is CS(=O)(=O)N[C@H]1C[C@@H]2C[C@H]1N(C(=O)c1ccc(OC(F)(F)F)cc1)C2. The van der Waals surface area contributed by atoms with Crippen molar-refractivity contribution >= 4 is 15.9 Å². The first-order valence-corrected chi connectivity index (χ1v) is 9.55. The highest BCUT2D eigenvalue weighted by molar-refractivity contribution is 7.88. The van der Waals surface area contributed by atoms with E-state index in [0.29, 0.717) is 19.4 Å². The minimum Gasteiger partial charge on any atom is -0.406 e. The molecule has 1 saturated carbocycles. The third-order valence-corrected chi connectivity index (χ3v) is 5.17. The summed E-state index contributed by atoms with van der Waals surface area (Å²) in [7, 11) is -3.38. The summed E-state index contributed by atoms with van der Waals surface area (Å²) in [4.78, 5) is 14.2. The normalized spacial score (nSPS) is 26.1. The van der Waals surface area contributed by atoms with Gasteiger partial charge in [0, 0.05) is 24.2 Å². The maximum Gasteiger partial charge on any atom is 0.573 e. The molecule has 2 bridgehead atoms. The smallest absolute Gasteiger partial charge is 0.406 e. The van der Waals surface area contributed by atoms with Crippen molar-refractivity contribution in [2.45, 2.75) is 31.3 Å². The molecule has 2 aliphatic rings. The first-order valence-electron chi connectivity index (χ1n) is 7.66. The number of alkyl halides is 3. The molecular weight excluding hydrogens is 361 g/mol. The van der Waals surface area contributed by atoms with E-state index in [1.54, 1.807) is 4.90 Å². The third kappa shape index (κ3) is 4.24. The van der Waals surface area contributed by atoms with Crippen molar-refractivity contribution in [3.05, 3.63) is 29.8 Å². The number of rotatable bonds is 4. The number of amides is 1. The predicted octanol–water partition coefficient (Wildman–Crippen LogP) is 1.74. The van der Waals surface area contributed by atoms with Crippen molar-refractivity contribution < 1.29 is 31.1 Å². The Morgan fingerprint density at radius 3 is 2.40 bits per heavy atom. The fraction of sp³-hybridized carbons (Fsp3) is 0.533. The Kier molecular flexibility index (Phi) is 4.44. The zero-order valence-corrected chi connectivity index (χ0v) is 14.1. The highest BCUT2D eigenvalue weighted by Gasteiger charge is 2.47. The van der Waals surface area contributed by atoms with Gasteiger partial charge in [-0.3, -0.25) is 4.79 Å². The Labute approximate surface area is 143 Å². The molecule has 3 rings (SSSR count). The van der Waals surface area contributed by atoms with Gasteiger partial charge in [-0.15, -0.1) is 13.2 Å². The summed E-state index contributed by atoms with van der Waals surface area (Å²) in [5.74, 6) is -0.504. The maximum atomic E-state index is 12.6. The minimum absolute atomic E-state index is 0.223. The van der Waals surface area contributed by atoms with E-state index in [4.69, 9.17) is 0 Å². The topological polar surface area (TPSA) is 75.7 Å². The molecule has 1 aromatic rings. The van der Waals surface area contributed by atoms with E-state index in [2.05, 4.69) is 9.46 Å². The van der Waals surface area contributed by atoms with E-state index in [1.807, 2.05) is 0 Å². The van der Waals surface area contributed by atoms with Crippen molar-refractivity contribution in [3.8, 4) is 5.75 Å². The van der Waals surface area contributed by atoms with Gasteiger partial charge in [-0.25, -0.2) is 13.1 Å². The molecule has 1 heterocycles. The Balaban J connectivity index is 1.71. The second-order valence-electron chi connectivity index (χ2n) is 6.43. The summed E-state index contributed by atoms with van der Waals surface area (Å²) in [6.07, 6.45) is -2.32. The van der Waals surface area contributed by atoms with E-state index >= 15 is 0 Å². The van der Waals surface area contributed by atoms with Crippen molar-refractivity contribution in [3.63, 3.8) is 0 Å². The number of benzene rings is 1.